The van der Waals surface area contributed by atoms with E-state index >= 15 is 0 Å². The molecule has 4 heteroatoms. The first-order chi connectivity index (χ1) is 3.18. The molecule has 0 aromatic rings. The van der Waals surface area contributed by atoms with Gasteiger partial charge in [-0.25, -0.2) is 4.79 Å². The Morgan fingerprint density at radius 3 is 2.43 bits per heavy atom. The van der Waals surface area contributed by atoms with Gasteiger partial charge in [-0.3, -0.25) is 4.89 Å². The van der Waals surface area contributed by atoms with E-state index in [0.29, 0.717) is 0 Å². The van der Waals surface area contributed by atoms with Crippen molar-refractivity contribution in [3.05, 3.63) is 0 Å². The van der Waals surface area contributed by atoms with E-state index < -0.39 is 10.8 Å². The van der Waals surface area contributed by atoms with Crippen LogP contribution in [0.2, 0.25) is 0 Å². The average molecular weight is 169 g/mol. The predicted molar refractivity (Wildman–Crippen MR) is 27.1 cm³/mol. The highest BCUT2D eigenvalue weighted by Gasteiger charge is 2.07. The molecule has 7 heavy (non-hydrogen) atoms. The Balaban J connectivity index is 3.35. The zero-order chi connectivity index (χ0) is 5.86. The molecule has 0 saturated heterocycles. The first-order valence-corrected chi connectivity index (χ1v) is 2.59. The van der Waals surface area contributed by atoms with Crippen LogP contribution in [0.5, 0.6) is 0 Å². The fourth-order valence-corrected chi connectivity index (χ4v) is 0.156. The van der Waals surface area contributed by atoms with Crippen molar-refractivity contribution >= 4 is 21.9 Å². The molecular formula is C3H5BrO3. The molecule has 0 spiro atoms. The maximum atomic E-state index is 9.99. The van der Waals surface area contributed by atoms with Crippen LogP contribution in [0.15, 0.2) is 0 Å². The Morgan fingerprint density at radius 1 is 2.00 bits per heavy atom. The molecule has 0 fully saturated rings. The number of hydrogen-bond acceptors (Lipinski definition) is 3. The lowest BCUT2D eigenvalue weighted by molar-refractivity contribution is -0.233. The van der Waals surface area contributed by atoms with E-state index in [9.17, 15) is 4.79 Å². The summed E-state index contributed by atoms with van der Waals surface area (Å²) in [7, 11) is 0. The van der Waals surface area contributed by atoms with Gasteiger partial charge in [-0.05, 0) is 6.92 Å². The molecule has 0 aliphatic rings. The van der Waals surface area contributed by atoms with Gasteiger partial charge in [-0.2, -0.15) is 5.26 Å². The molecule has 0 rings (SSSR count). The molecule has 0 aliphatic heterocycles. The topological polar surface area (TPSA) is 46.5 Å². The third-order valence-corrected chi connectivity index (χ3v) is 0.789. The summed E-state index contributed by atoms with van der Waals surface area (Å²) in [6.45, 7) is 1.55. The van der Waals surface area contributed by atoms with Gasteiger partial charge in [0.05, 0.1) is 0 Å². The molecule has 0 radical (unpaired) electrons. The van der Waals surface area contributed by atoms with Crippen LogP contribution in [0.25, 0.3) is 0 Å². The lowest BCUT2D eigenvalue weighted by atomic mass is 10.5. The molecule has 1 unspecified atom stereocenters. The molecule has 0 aromatic heterocycles. The van der Waals surface area contributed by atoms with Crippen LogP contribution in [0.4, 0.5) is 0 Å². The minimum atomic E-state index is -0.681. The molecule has 3 nitrogen and oxygen atoms in total. The molecule has 0 bridgehead atoms. The summed E-state index contributed by atoms with van der Waals surface area (Å²) in [5.74, 6) is -0.681. The molecule has 0 saturated carbocycles. The lowest BCUT2D eigenvalue weighted by Crippen LogP contribution is -2.10. The molecule has 42 valence electrons. The zero-order valence-corrected chi connectivity index (χ0v) is 5.31. The summed E-state index contributed by atoms with van der Waals surface area (Å²) in [4.78, 5) is 12.9. The maximum absolute atomic E-state index is 9.99. The van der Waals surface area contributed by atoms with Crippen LogP contribution >= 0.6 is 15.9 Å². The third kappa shape index (κ3) is 2.59. The van der Waals surface area contributed by atoms with Gasteiger partial charge in [0, 0.05) is 0 Å². The standard InChI is InChI=1S/C3H5BrO3/c1-2(4)3(5)7-6/h2,6H,1H3. The van der Waals surface area contributed by atoms with Crippen LogP contribution in [-0.2, 0) is 9.68 Å². The number of rotatable bonds is 1. The quantitative estimate of drug-likeness (QED) is 0.358. The van der Waals surface area contributed by atoms with E-state index in [1.54, 1.807) is 6.92 Å². The maximum Gasteiger partial charge on any atom is 0.355 e. The summed E-state index contributed by atoms with van der Waals surface area (Å²) >= 11 is 2.87. The minimum absolute atomic E-state index is 0.433. The normalized spacial score (nSPS) is 13.0. The van der Waals surface area contributed by atoms with Gasteiger partial charge in [0.2, 0.25) is 0 Å². The van der Waals surface area contributed by atoms with Crippen molar-refractivity contribution < 1.29 is 14.9 Å². The highest BCUT2D eigenvalue weighted by atomic mass is 79.9. The Bertz CT molecular complexity index is 70.6. The summed E-state index contributed by atoms with van der Waals surface area (Å²) in [5, 5.41) is 7.63. The average Bonchev–Trinajstić information content (AvgIpc) is 1.65. The van der Waals surface area contributed by atoms with E-state index in [1.807, 2.05) is 0 Å². The summed E-state index contributed by atoms with van der Waals surface area (Å²) in [6.07, 6.45) is 0. The smallest absolute Gasteiger partial charge is 0.300 e. The second-order valence-corrected chi connectivity index (χ2v) is 2.40. The van der Waals surface area contributed by atoms with E-state index in [4.69, 9.17) is 5.26 Å². The molecule has 0 aliphatic carbocycles. The van der Waals surface area contributed by atoms with Gasteiger partial charge in [0.25, 0.3) is 0 Å². The van der Waals surface area contributed by atoms with Crippen molar-refractivity contribution in [3.8, 4) is 0 Å². The summed E-state index contributed by atoms with van der Waals surface area (Å²) in [5.41, 5.74) is 0. The Morgan fingerprint density at radius 2 is 2.43 bits per heavy atom. The van der Waals surface area contributed by atoms with Crippen molar-refractivity contribution in [3.63, 3.8) is 0 Å². The zero-order valence-electron chi connectivity index (χ0n) is 3.72. The highest BCUT2D eigenvalue weighted by Crippen LogP contribution is 1.97. The third-order valence-electron chi connectivity index (χ3n) is 0.415. The number of carbonyl (C=O) groups is 1. The van der Waals surface area contributed by atoms with E-state index in [1.165, 1.54) is 0 Å². The number of halogens is 1. The Hall–Kier alpha value is -0.0900. The van der Waals surface area contributed by atoms with Crippen LogP contribution in [0.3, 0.4) is 0 Å². The Kier molecular flexibility index (Phi) is 2.95. The van der Waals surface area contributed by atoms with Gasteiger partial charge >= 0.3 is 5.97 Å². The van der Waals surface area contributed by atoms with Crippen molar-refractivity contribution in [2.45, 2.75) is 11.8 Å². The second-order valence-electron chi connectivity index (χ2n) is 1.03. The monoisotopic (exact) mass is 168 g/mol. The van der Waals surface area contributed by atoms with Crippen LogP contribution in [-0.4, -0.2) is 16.1 Å². The van der Waals surface area contributed by atoms with Crippen molar-refractivity contribution in [1.29, 1.82) is 0 Å². The van der Waals surface area contributed by atoms with Crippen molar-refractivity contribution in [1.82, 2.24) is 0 Å². The van der Waals surface area contributed by atoms with E-state index in [0.717, 1.165) is 0 Å². The van der Waals surface area contributed by atoms with Gasteiger partial charge in [0.15, 0.2) is 0 Å². The van der Waals surface area contributed by atoms with Crippen molar-refractivity contribution in [2.75, 3.05) is 0 Å². The van der Waals surface area contributed by atoms with Crippen LogP contribution < -0.4 is 0 Å². The van der Waals surface area contributed by atoms with Crippen molar-refractivity contribution in [2.24, 2.45) is 0 Å². The van der Waals surface area contributed by atoms with Gasteiger partial charge in [-0.15, -0.1) is 0 Å². The molecule has 0 aromatic carbocycles. The number of alkyl halides is 1. The van der Waals surface area contributed by atoms with Crippen LogP contribution in [0, 0.1) is 0 Å². The first kappa shape index (κ1) is 6.91. The van der Waals surface area contributed by atoms with Crippen LogP contribution in [0.1, 0.15) is 6.92 Å². The minimum Gasteiger partial charge on any atom is -0.300 e. The van der Waals surface area contributed by atoms with E-state index in [2.05, 4.69) is 20.8 Å². The molecule has 1 N–H and O–H groups in total. The fourth-order valence-electron chi connectivity index (χ4n) is 0.0726. The lowest BCUT2D eigenvalue weighted by Gasteiger charge is -1.93. The van der Waals surface area contributed by atoms with E-state index in [-0.39, 0.29) is 0 Å². The number of carbonyl (C=O) groups excluding carboxylic acids is 1. The summed E-state index contributed by atoms with van der Waals surface area (Å²) in [6, 6.07) is 0. The van der Waals surface area contributed by atoms with Gasteiger partial charge in [0.1, 0.15) is 4.83 Å². The Labute approximate surface area is 49.3 Å². The fraction of sp³-hybridized carbons (Fsp3) is 0.667. The van der Waals surface area contributed by atoms with Gasteiger partial charge in [-0.1, -0.05) is 15.9 Å². The second kappa shape index (κ2) is 2.98. The highest BCUT2D eigenvalue weighted by molar-refractivity contribution is 9.10. The first-order valence-electron chi connectivity index (χ1n) is 1.68. The number of hydrogen-bond donors (Lipinski definition) is 1. The van der Waals surface area contributed by atoms with Gasteiger partial charge < -0.3 is 0 Å². The molecular weight excluding hydrogens is 164 g/mol. The summed E-state index contributed by atoms with van der Waals surface area (Å²) < 4.78 is 0. The molecule has 1 atom stereocenters. The molecule has 0 heterocycles. The predicted octanol–water partition coefficient (Wildman–Crippen LogP) is 0.786. The SMILES string of the molecule is CC(Br)C(=O)OO. The largest absolute Gasteiger partial charge is 0.355 e. The molecule has 0 amide bonds.